The van der Waals surface area contributed by atoms with Crippen LogP contribution in [0, 0.1) is 0 Å². The van der Waals surface area contributed by atoms with E-state index in [1.165, 1.54) is 11.1 Å². The van der Waals surface area contributed by atoms with Gasteiger partial charge in [0.2, 0.25) is 0 Å². The maximum atomic E-state index is 11.4. The first-order valence-electron chi connectivity index (χ1n) is 8.82. The third-order valence-electron chi connectivity index (χ3n) is 3.97. The minimum Gasteiger partial charge on any atom is -0.478 e. The number of allylic oxidation sites excluding steroid dienone is 9. The highest BCUT2D eigenvalue weighted by Gasteiger charge is 2.16. The van der Waals surface area contributed by atoms with E-state index in [-0.39, 0.29) is 0 Å². The lowest BCUT2D eigenvalue weighted by molar-refractivity contribution is -0.132. The van der Waals surface area contributed by atoms with E-state index in [9.17, 15) is 9.90 Å². The van der Waals surface area contributed by atoms with Crippen molar-refractivity contribution in [1.29, 1.82) is 0 Å². The van der Waals surface area contributed by atoms with E-state index < -0.39 is 5.97 Å². The van der Waals surface area contributed by atoms with Crippen LogP contribution in [0.2, 0.25) is 0 Å². The lowest BCUT2D eigenvalue weighted by Crippen LogP contribution is -2.02. The zero-order valence-corrected chi connectivity index (χ0v) is 15.8. The van der Waals surface area contributed by atoms with Gasteiger partial charge in [-0.05, 0) is 55.9 Å². The summed E-state index contributed by atoms with van der Waals surface area (Å²) in [7, 11) is 0. The van der Waals surface area contributed by atoms with Gasteiger partial charge in [0.1, 0.15) is 0 Å². The summed E-state index contributed by atoms with van der Waals surface area (Å²) in [5, 5.41) is 9.35. The fourth-order valence-electron chi connectivity index (χ4n) is 2.66. The summed E-state index contributed by atoms with van der Waals surface area (Å²) < 4.78 is 0. The minimum absolute atomic E-state index is 0.350. The van der Waals surface area contributed by atoms with Crippen molar-refractivity contribution in [2.45, 2.75) is 53.4 Å². The molecule has 0 aliphatic carbocycles. The van der Waals surface area contributed by atoms with E-state index in [0.29, 0.717) is 23.4 Å². The van der Waals surface area contributed by atoms with Crippen LogP contribution >= 0.6 is 0 Å². The molecule has 0 unspecified atom stereocenters. The van der Waals surface area contributed by atoms with Crippen molar-refractivity contribution in [3.05, 3.63) is 71.0 Å². The molecule has 0 bridgehead atoms. The Morgan fingerprint density at radius 3 is 2.64 bits per heavy atom. The molecular weight excluding hydrogens is 310 g/mol. The number of carboxylic acids is 1. The smallest absolute Gasteiger partial charge is 0.331 e. The largest absolute Gasteiger partial charge is 0.478 e. The van der Waals surface area contributed by atoms with Crippen LogP contribution in [-0.4, -0.2) is 16.8 Å². The third kappa shape index (κ3) is 6.54. The second-order valence-corrected chi connectivity index (χ2v) is 5.98. The maximum absolute atomic E-state index is 11.4. The first-order valence-corrected chi connectivity index (χ1v) is 8.82. The number of aliphatic imine (C=N–C) groups is 1. The second kappa shape index (κ2) is 10.4. The van der Waals surface area contributed by atoms with Crippen molar-refractivity contribution in [1.82, 2.24) is 0 Å². The predicted octanol–water partition coefficient (Wildman–Crippen LogP) is 5.94. The molecule has 0 fully saturated rings. The highest BCUT2D eigenvalue weighted by atomic mass is 16.4. The third-order valence-corrected chi connectivity index (χ3v) is 3.97. The van der Waals surface area contributed by atoms with Crippen LogP contribution in [-0.2, 0) is 4.79 Å². The molecule has 3 heteroatoms. The molecule has 1 aliphatic rings. The van der Waals surface area contributed by atoms with Gasteiger partial charge in [-0.25, -0.2) is 4.79 Å². The molecule has 1 N–H and O–H groups in total. The second-order valence-electron chi connectivity index (χ2n) is 5.98. The number of carbonyl (C=O) groups is 1. The number of carboxylic acid groups (broad SMARTS) is 1. The molecule has 25 heavy (non-hydrogen) atoms. The first kappa shape index (κ1) is 20.6. The molecule has 0 spiro atoms. The Hall–Kier alpha value is -2.42. The first-order chi connectivity index (χ1) is 11.9. The topological polar surface area (TPSA) is 49.7 Å². The monoisotopic (exact) mass is 339 g/mol. The van der Waals surface area contributed by atoms with E-state index in [0.717, 1.165) is 24.8 Å². The van der Waals surface area contributed by atoms with Gasteiger partial charge in [0, 0.05) is 17.7 Å². The van der Waals surface area contributed by atoms with Crippen molar-refractivity contribution in [3.8, 4) is 0 Å². The van der Waals surface area contributed by atoms with Crippen LogP contribution in [0.3, 0.4) is 0 Å². The van der Waals surface area contributed by atoms with Crippen molar-refractivity contribution in [2.24, 2.45) is 4.99 Å². The molecule has 1 aliphatic heterocycles. The average molecular weight is 339 g/mol. The quantitative estimate of drug-likeness (QED) is 0.583. The molecule has 0 saturated heterocycles. The van der Waals surface area contributed by atoms with Crippen LogP contribution in [0.1, 0.15) is 53.4 Å². The van der Waals surface area contributed by atoms with Crippen LogP contribution in [0.15, 0.2) is 76.0 Å². The molecule has 1 heterocycles. The van der Waals surface area contributed by atoms with Gasteiger partial charge in [0.15, 0.2) is 0 Å². The molecule has 3 nitrogen and oxygen atoms in total. The summed E-state index contributed by atoms with van der Waals surface area (Å²) >= 11 is 0. The highest BCUT2D eigenvalue weighted by Crippen LogP contribution is 2.26. The van der Waals surface area contributed by atoms with Crippen molar-refractivity contribution in [2.75, 3.05) is 0 Å². The summed E-state index contributed by atoms with van der Waals surface area (Å²) in [6, 6.07) is 0. The molecule has 0 atom stereocenters. The Balaban J connectivity index is 3.09. The molecule has 1 rings (SSSR count). The molecule has 0 aromatic rings. The molecular formula is C22H29NO2. The van der Waals surface area contributed by atoms with E-state index >= 15 is 0 Å². The van der Waals surface area contributed by atoms with Gasteiger partial charge < -0.3 is 5.11 Å². The van der Waals surface area contributed by atoms with Crippen molar-refractivity contribution >= 4 is 11.7 Å². The highest BCUT2D eigenvalue weighted by molar-refractivity contribution is 6.02. The number of aliphatic carboxylic acids is 1. The summed E-state index contributed by atoms with van der Waals surface area (Å²) in [5.41, 5.74) is 4.98. The van der Waals surface area contributed by atoms with Crippen LogP contribution in [0.25, 0.3) is 0 Å². The van der Waals surface area contributed by atoms with E-state index in [2.05, 4.69) is 55.8 Å². The number of hydrogen-bond donors (Lipinski definition) is 1. The lowest BCUT2D eigenvalue weighted by Gasteiger charge is -2.10. The molecule has 0 amide bonds. The molecule has 0 aromatic heterocycles. The van der Waals surface area contributed by atoms with Crippen LogP contribution < -0.4 is 0 Å². The summed E-state index contributed by atoms with van der Waals surface area (Å²) in [4.78, 5) is 15.8. The van der Waals surface area contributed by atoms with Gasteiger partial charge in [0.05, 0.1) is 5.70 Å². The number of rotatable bonds is 7. The lowest BCUT2D eigenvalue weighted by atomic mass is 9.96. The molecule has 0 saturated carbocycles. The Labute approximate surface area is 151 Å². The summed E-state index contributed by atoms with van der Waals surface area (Å²) in [6.07, 6.45) is 15.4. The van der Waals surface area contributed by atoms with Gasteiger partial charge in [-0.1, -0.05) is 50.8 Å². The van der Waals surface area contributed by atoms with Gasteiger partial charge >= 0.3 is 5.97 Å². The average Bonchev–Trinajstić information content (AvgIpc) is 2.71. The fraction of sp³-hybridized carbons (Fsp3) is 0.364. The fourth-order valence-corrected chi connectivity index (χ4v) is 2.66. The normalized spacial score (nSPS) is 18.4. The van der Waals surface area contributed by atoms with Gasteiger partial charge in [-0.2, -0.15) is 0 Å². The summed E-state index contributed by atoms with van der Waals surface area (Å²) in [5.74, 6) is -0.904. The van der Waals surface area contributed by atoms with Gasteiger partial charge in [0.25, 0.3) is 0 Å². The van der Waals surface area contributed by atoms with Gasteiger partial charge in [-0.15, -0.1) is 0 Å². The van der Waals surface area contributed by atoms with E-state index in [4.69, 9.17) is 0 Å². The molecule has 0 aromatic carbocycles. The maximum Gasteiger partial charge on any atom is 0.331 e. The Morgan fingerprint density at radius 1 is 1.36 bits per heavy atom. The van der Waals surface area contributed by atoms with E-state index in [1.807, 2.05) is 6.92 Å². The van der Waals surface area contributed by atoms with Crippen LogP contribution in [0.4, 0.5) is 0 Å². The predicted molar refractivity (Wildman–Crippen MR) is 107 cm³/mol. The Morgan fingerprint density at radius 2 is 2.08 bits per heavy atom. The number of hydrogen-bond acceptors (Lipinski definition) is 2. The van der Waals surface area contributed by atoms with Crippen molar-refractivity contribution < 1.29 is 9.90 Å². The summed E-state index contributed by atoms with van der Waals surface area (Å²) in [6.45, 7) is 12.1. The Bertz CT molecular complexity index is 698. The zero-order valence-electron chi connectivity index (χ0n) is 15.8. The number of nitrogens with zero attached hydrogens (tertiary/aromatic N) is 1. The minimum atomic E-state index is -0.904. The molecule has 134 valence electrons. The van der Waals surface area contributed by atoms with Crippen LogP contribution in [0.5, 0.6) is 0 Å². The standard InChI is InChI=1S/C22H29NO2/c1-6-9-11-19(10-7-2)18(8-3)12-13-20-15-21(22(24)25)14-16(4)23-17(20)5/h8-11,13-14H,5-7,12,15H2,1-4H3,(H,24,25)/b11-9-,18-8+,19-10+,20-13-. The zero-order chi connectivity index (χ0) is 18.8. The Kier molecular flexibility index (Phi) is 8.62. The van der Waals surface area contributed by atoms with Gasteiger partial charge in [-0.3, -0.25) is 4.99 Å². The van der Waals surface area contributed by atoms with Crippen molar-refractivity contribution in [3.63, 3.8) is 0 Å². The van der Waals surface area contributed by atoms with E-state index in [1.54, 1.807) is 13.0 Å². The SMILES string of the molecule is C=C1N=C(C)C=C(C(=O)O)C/C1=C/CC(=C\C)/C(/C=C\CC)=C/CC. The molecule has 0 radical (unpaired) electrons.